The molecule has 5 rings (SSSR count). The molecule has 28 heavy (non-hydrogen) atoms. The van der Waals surface area contributed by atoms with Crippen molar-refractivity contribution < 1.29 is 14.0 Å². The number of benzene rings is 1. The highest BCUT2D eigenvalue weighted by atomic mass is 35.5. The van der Waals surface area contributed by atoms with Gasteiger partial charge in [0.2, 0.25) is 5.91 Å². The monoisotopic (exact) mass is 401 g/mol. The van der Waals surface area contributed by atoms with Crippen LogP contribution in [0, 0.1) is 24.1 Å². The lowest BCUT2D eigenvalue weighted by Crippen LogP contribution is -2.77. The summed E-state index contributed by atoms with van der Waals surface area (Å²) in [7, 11) is 0. The molecule has 146 valence electrons. The molecule has 0 spiro atoms. The van der Waals surface area contributed by atoms with Crippen LogP contribution in [0.2, 0.25) is 5.15 Å². The van der Waals surface area contributed by atoms with E-state index in [2.05, 4.69) is 15.6 Å². The summed E-state index contributed by atoms with van der Waals surface area (Å²) in [6.07, 6.45) is 2.30. The van der Waals surface area contributed by atoms with Crippen LogP contribution < -0.4 is 10.6 Å². The predicted molar refractivity (Wildman–Crippen MR) is 105 cm³/mol. The van der Waals surface area contributed by atoms with Crippen LogP contribution in [-0.2, 0) is 4.79 Å². The second-order valence-corrected chi connectivity index (χ2v) is 8.51. The fraction of sp³-hybridized carbons (Fsp3) is 0.381. The molecule has 2 amide bonds. The number of nitrogens with zero attached hydrogens (tertiary/aromatic N) is 1. The van der Waals surface area contributed by atoms with Gasteiger partial charge in [0.05, 0.1) is 0 Å². The summed E-state index contributed by atoms with van der Waals surface area (Å²) in [4.78, 5) is 29.2. The zero-order valence-electron chi connectivity index (χ0n) is 15.7. The van der Waals surface area contributed by atoms with Crippen molar-refractivity contribution in [2.75, 3.05) is 5.32 Å². The highest BCUT2D eigenvalue weighted by Crippen LogP contribution is 2.70. The molecule has 0 aliphatic heterocycles. The normalized spacial score (nSPS) is 25.9. The molecule has 0 radical (unpaired) electrons. The van der Waals surface area contributed by atoms with Gasteiger partial charge in [0.25, 0.3) is 5.91 Å². The number of carbonyl (C=O) groups excluding carboxylic acids is 2. The number of hydrogen-bond donors (Lipinski definition) is 2. The molecule has 3 aliphatic carbocycles. The number of halogens is 2. The minimum absolute atomic E-state index is 0.0850. The van der Waals surface area contributed by atoms with E-state index in [4.69, 9.17) is 11.6 Å². The quantitative estimate of drug-likeness (QED) is 0.740. The topological polar surface area (TPSA) is 71.1 Å². The smallest absolute Gasteiger partial charge is 0.270 e. The van der Waals surface area contributed by atoms with E-state index in [1.807, 2.05) is 13.8 Å². The van der Waals surface area contributed by atoms with Gasteiger partial charge in [-0.05, 0) is 67.5 Å². The van der Waals surface area contributed by atoms with E-state index in [0.29, 0.717) is 16.5 Å². The number of hydrogen-bond acceptors (Lipinski definition) is 3. The Morgan fingerprint density at radius 1 is 1.14 bits per heavy atom. The number of aryl methyl sites for hydroxylation is 1. The summed E-state index contributed by atoms with van der Waals surface area (Å²) in [6, 6.07) is 9.16. The first kappa shape index (κ1) is 18.9. The fourth-order valence-electron chi connectivity index (χ4n) is 4.46. The van der Waals surface area contributed by atoms with E-state index in [1.165, 1.54) is 12.1 Å². The van der Waals surface area contributed by atoms with Crippen LogP contribution in [0.25, 0.3) is 0 Å². The molecule has 1 aromatic carbocycles. The van der Waals surface area contributed by atoms with E-state index < -0.39 is 0 Å². The van der Waals surface area contributed by atoms with E-state index in [0.717, 1.165) is 24.8 Å². The summed E-state index contributed by atoms with van der Waals surface area (Å²) in [5.74, 6) is -0.854. The number of amides is 2. The largest absolute Gasteiger partial charge is 0.345 e. The van der Waals surface area contributed by atoms with Crippen LogP contribution in [0.5, 0.6) is 0 Å². The SMILES string of the molecule is Cc1ccc(C(=O)NC23CC([C@H](C)C(=O)Nc4ccc(F)cc4)(C2)C3)nc1Cl. The molecule has 1 aromatic heterocycles. The molecule has 3 saturated carbocycles. The molecule has 2 aromatic rings. The fourth-order valence-corrected chi connectivity index (χ4v) is 4.61. The third-order valence-corrected chi connectivity index (χ3v) is 6.52. The van der Waals surface area contributed by atoms with Crippen molar-refractivity contribution in [1.29, 1.82) is 0 Å². The van der Waals surface area contributed by atoms with Crippen molar-refractivity contribution in [2.45, 2.75) is 38.6 Å². The predicted octanol–water partition coefficient (Wildman–Crippen LogP) is 4.11. The number of rotatable bonds is 5. The highest BCUT2D eigenvalue weighted by Gasteiger charge is 2.71. The van der Waals surface area contributed by atoms with Crippen molar-refractivity contribution in [3.05, 3.63) is 58.6 Å². The Hall–Kier alpha value is -2.47. The molecule has 7 heteroatoms. The zero-order valence-corrected chi connectivity index (χ0v) is 16.4. The maximum Gasteiger partial charge on any atom is 0.270 e. The average Bonchev–Trinajstić information content (AvgIpc) is 2.60. The standard InChI is InChI=1S/C21H21ClFN3O2/c1-12-3-8-16(25-17(12)22)19(28)26-21-9-20(10-21,11-21)13(2)18(27)24-15-6-4-14(23)5-7-15/h3-8,13H,9-11H2,1-2H3,(H,24,27)(H,26,28)/t13-,20?,21?/m1/s1. The van der Waals surface area contributed by atoms with E-state index >= 15 is 0 Å². The number of pyridine rings is 1. The van der Waals surface area contributed by atoms with Gasteiger partial charge in [0.15, 0.2) is 0 Å². The van der Waals surface area contributed by atoms with Gasteiger partial charge in [-0.25, -0.2) is 9.37 Å². The average molecular weight is 402 g/mol. The van der Waals surface area contributed by atoms with Gasteiger partial charge in [0.1, 0.15) is 16.7 Å². The van der Waals surface area contributed by atoms with Crippen molar-refractivity contribution in [3.63, 3.8) is 0 Å². The van der Waals surface area contributed by atoms with Crippen LogP contribution in [0.1, 0.15) is 42.2 Å². The lowest BCUT2D eigenvalue weighted by molar-refractivity contribution is -0.184. The van der Waals surface area contributed by atoms with Crippen LogP contribution in [-0.4, -0.2) is 22.3 Å². The lowest BCUT2D eigenvalue weighted by atomic mass is 9.36. The number of carbonyl (C=O) groups is 2. The Morgan fingerprint density at radius 2 is 1.79 bits per heavy atom. The highest BCUT2D eigenvalue weighted by molar-refractivity contribution is 6.30. The van der Waals surface area contributed by atoms with Crippen LogP contribution in [0.3, 0.4) is 0 Å². The van der Waals surface area contributed by atoms with Gasteiger partial charge in [-0.3, -0.25) is 9.59 Å². The van der Waals surface area contributed by atoms with Crippen molar-refractivity contribution in [3.8, 4) is 0 Å². The number of nitrogens with one attached hydrogen (secondary N) is 2. The molecule has 3 aliphatic rings. The molecule has 2 bridgehead atoms. The Bertz CT molecular complexity index is 941. The van der Waals surface area contributed by atoms with Crippen molar-refractivity contribution >= 4 is 29.1 Å². The summed E-state index contributed by atoms with van der Waals surface area (Å²) in [6.45, 7) is 3.74. The Morgan fingerprint density at radius 3 is 2.39 bits per heavy atom. The van der Waals surface area contributed by atoms with Gasteiger partial charge in [0, 0.05) is 17.1 Å². The Labute approximate surface area is 167 Å². The van der Waals surface area contributed by atoms with Crippen LogP contribution >= 0.6 is 11.6 Å². The second kappa shape index (κ2) is 6.55. The maximum atomic E-state index is 13.0. The summed E-state index contributed by atoms with van der Waals surface area (Å²) >= 11 is 6.00. The third kappa shape index (κ3) is 3.15. The van der Waals surface area contributed by atoms with E-state index in [-0.39, 0.29) is 34.5 Å². The molecule has 0 saturated heterocycles. The van der Waals surface area contributed by atoms with Gasteiger partial charge in [-0.2, -0.15) is 0 Å². The van der Waals surface area contributed by atoms with Gasteiger partial charge < -0.3 is 10.6 Å². The van der Waals surface area contributed by atoms with Gasteiger partial charge >= 0.3 is 0 Å². The molecule has 5 nitrogen and oxygen atoms in total. The minimum Gasteiger partial charge on any atom is -0.345 e. The lowest BCUT2D eigenvalue weighted by Gasteiger charge is -2.72. The van der Waals surface area contributed by atoms with Crippen LogP contribution in [0.4, 0.5) is 10.1 Å². The first-order valence-corrected chi connectivity index (χ1v) is 9.62. The summed E-state index contributed by atoms with van der Waals surface area (Å²) < 4.78 is 13.0. The summed E-state index contributed by atoms with van der Waals surface area (Å²) in [5, 5.41) is 6.23. The second-order valence-electron chi connectivity index (χ2n) is 8.15. The van der Waals surface area contributed by atoms with Gasteiger partial charge in [-0.15, -0.1) is 0 Å². The van der Waals surface area contributed by atoms with E-state index in [1.54, 1.807) is 24.3 Å². The molecule has 1 atom stereocenters. The molecule has 0 unspecified atom stereocenters. The van der Waals surface area contributed by atoms with E-state index in [9.17, 15) is 14.0 Å². The molecule has 1 heterocycles. The van der Waals surface area contributed by atoms with Crippen molar-refractivity contribution in [1.82, 2.24) is 10.3 Å². The molecule has 2 N–H and O–H groups in total. The van der Waals surface area contributed by atoms with Crippen LogP contribution in [0.15, 0.2) is 36.4 Å². The van der Waals surface area contributed by atoms with Gasteiger partial charge in [-0.1, -0.05) is 24.6 Å². The molecule has 3 fully saturated rings. The maximum absolute atomic E-state index is 13.0. The summed E-state index contributed by atoms with van der Waals surface area (Å²) in [5.41, 5.74) is 1.37. The minimum atomic E-state index is -0.340. The first-order valence-electron chi connectivity index (χ1n) is 9.24. The van der Waals surface area contributed by atoms with Crippen molar-refractivity contribution in [2.24, 2.45) is 11.3 Å². The number of anilines is 1. The molecular formula is C21H21ClFN3O2. The first-order chi connectivity index (χ1) is 13.2. The zero-order chi connectivity index (χ0) is 20.1. The third-order valence-electron chi connectivity index (χ3n) is 6.14. The molecular weight excluding hydrogens is 381 g/mol. The Balaban J connectivity index is 1.34. The number of aromatic nitrogens is 1. The Kier molecular flexibility index (Phi) is 4.42.